The van der Waals surface area contributed by atoms with Crippen molar-refractivity contribution in [2.24, 2.45) is 0 Å². The molecule has 178 valence electrons. The fourth-order valence-corrected chi connectivity index (χ4v) is 3.53. The van der Waals surface area contributed by atoms with Gasteiger partial charge in [0.15, 0.2) is 0 Å². The molecular weight excluding hydrogens is 440 g/mol. The fraction of sp³-hybridized carbons (Fsp3) is 0.250. The molecule has 0 saturated heterocycles. The summed E-state index contributed by atoms with van der Waals surface area (Å²) < 4.78 is 9.80. The molecule has 0 spiro atoms. The van der Waals surface area contributed by atoms with Crippen LogP contribution in [0.5, 0.6) is 0 Å². The zero-order chi connectivity index (χ0) is 25.0. The Balaban J connectivity index is 0.000000192. The van der Waals surface area contributed by atoms with E-state index < -0.39 is 10.9 Å². The number of benzene rings is 2. The molecule has 0 amide bonds. The van der Waals surface area contributed by atoms with E-state index in [0.717, 1.165) is 21.9 Å². The number of carbonyl (C=O) groups excluding carboxylic acids is 2. The van der Waals surface area contributed by atoms with Crippen molar-refractivity contribution in [3.05, 3.63) is 69.0 Å². The number of aromatic amines is 2. The molecule has 0 bridgehead atoms. The van der Waals surface area contributed by atoms with Crippen LogP contribution in [0.15, 0.2) is 36.4 Å². The Labute approximate surface area is 195 Å². The van der Waals surface area contributed by atoms with Crippen LogP contribution >= 0.6 is 0 Å². The lowest BCUT2D eigenvalue weighted by Gasteiger charge is -2.00. The average molecular weight is 466 g/mol. The van der Waals surface area contributed by atoms with Gasteiger partial charge < -0.3 is 25.2 Å². The SMILES string of the molecule is CCOC(=O)c1cc2ccc(N)c(C)c2[nH]1.CCOC(=O)c1cc2ccc([N+](=O)[O-])c(C)c2[nH]1. The number of nitro groups is 1. The Morgan fingerprint density at radius 2 is 1.35 bits per heavy atom. The highest BCUT2D eigenvalue weighted by Crippen LogP contribution is 2.27. The van der Waals surface area contributed by atoms with Gasteiger partial charge >= 0.3 is 11.9 Å². The number of H-pyrrole nitrogens is 2. The van der Waals surface area contributed by atoms with Gasteiger partial charge in [0, 0.05) is 22.5 Å². The van der Waals surface area contributed by atoms with Crippen LogP contribution < -0.4 is 5.73 Å². The van der Waals surface area contributed by atoms with E-state index in [1.165, 1.54) is 6.07 Å². The van der Waals surface area contributed by atoms with Gasteiger partial charge in [0.05, 0.1) is 34.7 Å². The van der Waals surface area contributed by atoms with Crippen LogP contribution in [-0.4, -0.2) is 40.0 Å². The summed E-state index contributed by atoms with van der Waals surface area (Å²) in [6, 6.07) is 10.2. The van der Waals surface area contributed by atoms with Crippen LogP contribution in [0.1, 0.15) is 46.0 Å². The third-order valence-corrected chi connectivity index (χ3v) is 5.31. The maximum atomic E-state index is 11.6. The van der Waals surface area contributed by atoms with E-state index in [1.807, 2.05) is 19.1 Å². The number of esters is 2. The zero-order valence-electron chi connectivity index (χ0n) is 19.4. The van der Waals surface area contributed by atoms with E-state index in [-0.39, 0.29) is 18.3 Å². The number of anilines is 1. The van der Waals surface area contributed by atoms with Crippen molar-refractivity contribution in [3.8, 4) is 0 Å². The summed E-state index contributed by atoms with van der Waals surface area (Å²) in [6.07, 6.45) is 0. The molecule has 0 fully saturated rings. The number of rotatable bonds is 5. The van der Waals surface area contributed by atoms with Crippen LogP contribution in [0.25, 0.3) is 21.8 Å². The monoisotopic (exact) mass is 466 g/mol. The molecule has 10 nitrogen and oxygen atoms in total. The Morgan fingerprint density at radius 3 is 1.82 bits per heavy atom. The summed E-state index contributed by atoms with van der Waals surface area (Å²) in [6.45, 7) is 7.72. The zero-order valence-corrected chi connectivity index (χ0v) is 19.4. The lowest BCUT2D eigenvalue weighted by atomic mass is 10.1. The number of nitrogen functional groups attached to an aromatic ring is 1. The summed E-state index contributed by atoms with van der Waals surface area (Å²) in [5.41, 5.74) is 10.2. The van der Waals surface area contributed by atoms with Gasteiger partial charge in [0.1, 0.15) is 11.4 Å². The highest BCUT2D eigenvalue weighted by Gasteiger charge is 2.17. The predicted octanol–water partition coefficient (Wildman–Crippen LogP) is 4.80. The Bertz CT molecular complexity index is 1390. The van der Waals surface area contributed by atoms with Crippen molar-refractivity contribution in [1.82, 2.24) is 9.97 Å². The molecule has 0 aliphatic heterocycles. The van der Waals surface area contributed by atoms with Crippen LogP contribution in [0.4, 0.5) is 11.4 Å². The maximum Gasteiger partial charge on any atom is 0.354 e. The van der Waals surface area contributed by atoms with Gasteiger partial charge in [-0.25, -0.2) is 9.59 Å². The minimum absolute atomic E-state index is 0.0276. The molecule has 2 heterocycles. The number of nitrogens with one attached hydrogen (secondary N) is 2. The first-order valence-electron chi connectivity index (χ1n) is 10.7. The third kappa shape index (κ3) is 4.85. The van der Waals surface area contributed by atoms with Crippen LogP contribution in [0.2, 0.25) is 0 Å². The molecular formula is C24H26N4O6. The summed E-state index contributed by atoms with van der Waals surface area (Å²) in [4.78, 5) is 39.3. The first kappa shape index (κ1) is 24.3. The molecule has 34 heavy (non-hydrogen) atoms. The number of aryl methyl sites for hydroxylation is 2. The van der Waals surface area contributed by atoms with Crippen molar-refractivity contribution in [2.45, 2.75) is 27.7 Å². The largest absolute Gasteiger partial charge is 0.461 e. The highest BCUT2D eigenvalue weighted by atomic mass is 16.6. The summed E-state index contributed by atoms with van der Waals surface area (Å²) >= 11 is 0. The summed E-state index contributed by atoms with van der Waals surface area (Å²) in [5.74, 6) is -0.799. The Morgan fingerprint density at radius 1 is 0.882 bits per heavy atom. The molecule has 0 atom stereocenters. The minimum atomic E-state index is -0.462. The Hall–Kier alpha value is -4.34. The van der Waals surface area contributed by atoms with Gasteiger partial charge in [-0.3, -0.25) is 10.1 Å². The topological polar surface area (TPSA) is 153 Å². The second kappa shape index (κ2) is 10.1. The van der Waals surface area contributed by atoms with Gasteiger partial charge in [-0.15, -0.1) is 0 Å². The van der Waals surface area contributed by atoms with E-state index >= 15 is 0 Å². The average Bonchev–Trinajstić information content (AvgIpc) is 3.43. The number of nitrogens with two attached hydrogens (primary N) is 1. The van der Waals surface area contributed by atoms with Gasteiger partial charge in [0.2, 0.25) is 0 Å². The van der Waals surface area contributed by atoms with Crippen LogP contribution in [0, 0.1) is 24.0 Å². The van der Waals surface area contributed by atoms with Crippen molar-refractivity contribution in [1.29, 1.82) is 0 Å². The van der Waals surface area contributed by atoms with E-state index in [9.17, 15) is 19.7 Å². The molecule has 0 aliphatic carbocycles. The van der Waals surface area contributed by atoms with Crippen LogP contribution in [-0.2, 0) is 9.47 Å². The maximum absolute atomic E-state index is 11.6. The number of hydrogen-bond acceptors (Lipinski definition) is 7. The molecule has 4 rings (SSSR count). The smallest absolute Gasteiger partial charge is 0.354 e. The quantitative estimate of drug-likeness (QED) is 0.165. The van der Waals surface area contributed by atoms with Crippen molar-refractivity contribution >= 4 is 45.1 Å². The number of hydrogen-bond donors (Lipinski definition) is 3. The van der Waals surface area contributed by atoms with Gasteiger partial charge in [0.25, 0.3) is 5.69 Å². The van der Waals surface area contributed by atoms with E-state index in [0.29, 0.717) is 34.8 Å². The van der Waals surface area contributed by atoms with Crippen molar-refractivity contribution in [2.75, 3.05) is 18.9 Å². The number of nitro benzene ring substituents is 1. The molecule has 0 radical (unpaired) electrons. The number of carbonyl (C=O) groups is 2. The number of fused-ring (bicyclic) bond motifs is 2. The van der Waals surface area contributed by atoms with Crippen LogP contribution in [0.3, 0.4) is 0 Å². The first-order chi connectivity index (χ1) is 16.2. The van der Waals surface area contributed by atoms with E-state index in [2.05, 4.69) is 9.97 Å². The Kier molecular flexibility index (Phi) is 7.20. The van der Waals surface area contributed by atoms with Gasteiger partial charge in [-0.05, 0) is 57.5 Å². The number of nitrogens with zero attached hydrogens (tertiary/aromatic N) is 1. The lowest BCUT2D eigenvalue weighted by molar-refractivity contribution is -0.385. The number of aromatic nitrogens is 2. The second-order valence-electron chi connectivity index (χ2n) is 7.48. The lowest BCUT2D eigenvalue weighted by Crippen LogP contribution is -2.04. The first-order valence-corrected chi connectivity index (χ1v) is 10.7. The molecule has 2 aromatic heterocycles. The predicted molar refractivity (Wildman–Crippen MR) is 129 cm³/mol. The standard InChI is InChI=1S/C12H12N2O4.C12H14N2O2/c1-3-18-12(15)9-6-8-4-5-10(14(16)17)7(2)11(8)13-9;1-3-16-12(15)10-6-8-4-5-9(13)7(2)11(8)14-10/h4-6,13H,3H2,1-2H3;4-6,14H,3,13H2,1-2H3. The van der Waals surface area contributed by atoms with Gasteiger partial charge in [-0.1, -0.05) is 6.07 Å². The van der Waals surface area contributed by atoms with E-state index in [4.69, 9.17) is 15.2 Å². The van der Waals surface area contributed by atoms with E-state index in [1.54, 1.807) is 39.0 Å². The molecule has 0 aliphatic rings. The van der Waals surface area contributed by atoms with Crippen molar-refractivity contribution < 1.29 is 24.0 Å². The molecule has 2 aromatic carbocycles. The molecule has 10 heteroatoms. The van der Waals surface area contributed by atoms with Gasteiger partial charge in [-0.2, -0.15) is 0 Å². The molecule has 4 N–H and O–H groups in total. The summed E-state index contributed by atoms with van der Waals surface area (Å²) in [5, 5.41) is 12.5. The highest BCUT2D eigenvalue weighted by molar-refractivity contribution is 5.97. The van der Waals surface area contributed by atoms with Crippen molar-refractivity contribution in [3.63, 3.8) is 0 Å². The normalized spacial score (nSPS) is 10.6. The fourth-order valence-electron chi connectivity index (χ4n) is 3.53. The molecule has 4 aromatic rings. The summed E-state index contributed by atoms with van der Waals surface area (Å²) in [7, 11) is 0. The molecule has 0 unspecified atom stereocenters. The second-order valence-corrected chi connectivity index (χ2v) is 7.48. The third-order valence-electron chi connectivity index (χ3n) is 5.31. The molecule has 0 saturated carbocycles. The number of ether oxygens (including phenoxy) is 2. The minimum Gasteiger partial charge on any atom is -0.461 e.